The first-order valence-corrected chi connectivity index (χ1v) is 5.86. The van der Waals surface area contributed by atoms with E-state index in [4.69, 9.17) is 10.2 Å². The summed E-state index contributed by atoms with van der Waals surface area (Å²) in [5.74, 6) is -1.19. The number of urea groups is 1. The molecule has 0 bridgehead atoms. The quantitative estimate of drug-likeness (QED) is 0.591. The Morgan fingerprint density at radius 2 is 2.11 bits per heavy atom. The van der Waals surface area contributed by atoms with Crippen molar-refractivity contribution in [1.29, 1.82) is 0 Å². The van der Waals surface area contributed by atoms with Crippen molar-refractivity contribution in [2.45, 2.75) is 25.4 Å². The van der Waals surface area contributed by atoms with E-state index in [0.29, 0.717) is 5.69 Å². The molecule has 0 aliphatic heterocycles. The van der Waals surface area contributed by atoms with Gasteiger partial charge in [-0.1, -0.05) is 6.07 Å². The number of hydrogen-bond donors (Lipinski definition) is 4. The van der Waals surface area contributed by atoms with Gasteiger partial charge in [0.1, 0.15) is 6.04 Å². The average Bonchev–Trinajstić information content (AvgIpc) is 2.39. The molecule has 0 aliphatic carbocycles. The number of carbonyl (C=O) groups excluding carboxylic acids is 1. The highest BCUT2D eigenvalue weighted by Gasteiger charge is 2.20. The van der Waals surface area contributed by atoms with Gasteiger partial charge in [0, 0.05) is 19.2 Å². The smallest absolute Gasteiger partial charge is 0.326 e. The van der Waals surface area contributed by atoms with Gasteiger partial charge in [-0.15, -0.1) is 0 Å². The van der Waals surface area contributed by atoms with E-state index in [0.717, 1.165) is 0 Å². The van der Waals surface area contributed by atoms with E-state index >= 15 is 0 Å². The summed E-state index contributed by atoms with van der Waals surface area (Å²) in [6, 6.07) is 3.25. The van der Waals surface area contributed by atoms with Crippen LogP contribution in [0.15, 0.2) is 24.4 Å². The highest BCUT2D eigenvalue weighted by molar-refractivity contribution is 5.82. The first kappa shape index (κ1) is 14.9. The topological polar surface area (TPSA) is 112 Å². The molecule has 1 unspecified atom stereocenters. The van der Waals surface area contributed by atoms with Gasteiger partial charge in [0.15, 0.2) is 0 Å². The molecule has 19 heavy (non-hydrogen) atoms. The SMILES string of the molecule is CC(NC(=O)N[C@H](CCO)C(=O)O)c1ccccn1. The van der Waals surface area contributed by atoms with Gasteiger partial charge in [0.05, 0.1) is 11.7 Å². The minimum Gasteiger partial charge on any atom is -0.480 e. The van der Waals surface area contributed by atoms with Crippen LogP contribution in [-0.2, 0) is 4.79 Å². The minimum absolute atomic E-state index is 0.0410. The van der Waals surface area contributed by atoms with Crippen molar-refractivity contribution in [3.05, 3.63) is 30.1 Å². The molecule has 0 aromatic carbocycles. The average molecular weight is 267 g/mol. The molecule has 1 rings (SSSR count). The number of carboxylic acids is 1. The van der Waals surface area contributed by atoms with E-state index in [1.807, 2.05) is 0 Å². The molecule has 1 heterocycles. The number of pyridine rings is 1. The van der Waals surface area contributed by atoms with E-state index in [1.54, 1.807) is 31.3 Å². The Bertz CT molecular complexity index is 424. The Balaban J connectivity index is 2.52. The van der Waals surface area contributed by atoms with Gasteiger partial charge in [-0.2, -0.15) is 0 Å². The molecule has 0 aliphatic rings. The third-order valence-corrected chi connectivity index (χ3v) is 2.50. The number of aliphatic hydroxyl groups excluding tert-OH is 1. The van der Waals surface area contributed by atoms with Crippen LogP contribution in [0.4, 0.5) is 4.79 Å². The Hall–Kier alpha value is -2.15. The molecule has 104 valence electrons. The molecule has 7 heteroatoms. The van der Waals surface area contributed by atoms with Gasteiger partial charge < -0.3 is 20.8 Å². The van der Waals surface area contributed by atoms with Crippen LogP contribution in [0.5, 0.6) is 0 Å². The van der Waals surface area contributed by atoms with Gasteiger partial charge in [-0.3, -0.25) is 4.98 Å². The van der Waals surface area contributed by atoms with Gasteiger partial charge in [-0.05, 0) is 19.1 Å². The maximum Gasteiger partial charge on any atom is 0.326 e. The highest BCUT2D eigenvalue weighted by atomic mass is 16.4. The lowest BCUT2D eigenvalue weighted by atomic mass is 10.2. The summed E-state index contributed by atoms with van der Waals surface area (Å²) in [5, 5.41) is 22.4. The molecule has 0 radical (unpaired) electrons. The third-order valence-electron chi connectivity index (χ3n) is 2.50. The van der Waals surface area contributed by atoms with E-state index in [1.165, 1.54) is 0 Å². The van der Waals surface area contributed by atoms with Gasteiger partial charge in [-0.25, -0.2) is 9.59 Å². The van der Waals surface area contributed by atoms with Gasteiger partial charge >= 0.3 is 12.0 Å². The second-order valence-corrected chi connectivity index (χ2v) is 4.00. The molecule has 7 nitrogen and oxygen atoms in total. The third kappa shape index (κ3) is 4.92. The molecule has 0 saturated heterocycles. The summed E-state index contributed by atoms with van der Waals surface area (Å²) >= 11 is 0. The molecule has 0 spiro atoms. The summed E-state index contributed by atoms with van der Waals surface area (Å²) < 4.78 is 0. The molecule has 2 amide bonds. The van der Waals surface area contributed by atoms with E-state index in [9.17, 15) is 9.59 Å². The summed E-state index contributed by atoms with van der Waals surface area (Å²) in [5.41, 5.74) is 0.673. The van der Waals surface area contributed by atoms with Crippen LogP contribution < -0.4 is 10.6 Å². The Labute approximate surface area is 110 Å². The molecule has 1 aromatic rings. The lowest BCUT2D eigenvalue weighted by Gasteiger charge is -2.17. The number of hydrogen-bond acceptors (Lipinski definition) is 4. The van der Waals surface area contributed by atoms with Gasteiger partial charge in [0.2, 0.25) is 0 Å². The van der Waals surface area contributed by atoms with Crippen LogP contribution in [0.2, 0.25) is 0 Å². The van der Waals surface area contributed by atoms with Crippen molar-refractivity contribution in [3.8, 4) is 0 Å². The van der Waals surface area contributed by atoms with Crippen molar-refractivity contribution in [3.63, 3.8) is 0 Å². The van der Waals surface area contributed by atoms with Crippen molar-refractivity contribution in [1.82, 2.24) is 15.6 Å². The van der Waals surface area contributed by atoms with Crippen LogP contribution in [0.25, 0.3) is 0 Å². The second kappa shape index (κ2) is 7.32. The number of rotatable bonds is 6. The molecule has 0 fully saturated rings. The Morgan fingerprint density at radius 3 is 2.63 bits per heavy atom. The van der Waals surface area contributed by atoms with Crippen LogP contribution in [0, 0.1) is 0 Å². The molecule has 0 saturated carbocycles. The molecule has 1 aromatic heterocycles. The normalized spacial score (nSPS) is 13.4. The summed E-state index contributed by atoms with van der Waals surface area (Å²) in [7, 11) is 0. The number of nitrogens with one attached hydrogen (secondary N) is 2. The first-order chi connectivity index (χ1) is 9.04. The fraction of sp³-hybridized carbons (Fsp3) is 0.417. The predicted molar refractivity (Wildman–Crippen MR) is 67.4 cm³/mol. The number of carboxylic acid groups (broad SMARTS) is 1. The van der Waals surface area contributed by atoms with Crippen LogP contribution in [0.1, 0.15) is 25.1 Å². The Kier molecular flexibility index (Phi) is 5.74. The number of aliphatic hydroxyl groups is 1. The fourth-order valence-electron chi connectivity index (χ4n) is 1.49. The van der Waals surface area contributed by atoms with E-state index < -0.39 is 18.0 Å². The van der Waals surface area contributed by atoms with Crippen LogP contribution >= 0.6 is 0 Å². The van der Waals surface area contributed by atoms with Crippen LogP contribution in [0.3, 0.4) is 0 Å². The van der Waals surface area contributed by atoms with E-state index in [-0.39, 0.29) is 19.1 Å². The zero-order valence-electron chi connectivity index (χ0n) is 10.5. The number of aromatic nitrogens is 1. The fourth-order valence-corrected chi connectivity index (χ4v) is 1.49. The summed E-state index contributed by atoms with van der Waals surface area (Å²) in [4.78, 5) is 26.5. The van der Waals surface area contributed by atoms with Crippen molar-refractivity contribution >= 4 is 12.0 Å². The summed E-state index contributed by atoms with van der Waals surface area (Å²) in [6.45, 7) is 1.43. The zero-order chi connectivity index (χ0) is 14.3. The number of aliphatic carboxylic acids is 1. The molecular weight excluding hydrogens is 250 g/mol. The highest BCUT2D eigenvalue weighted by Crippen LogP contribution is 2.07. The minimum atomic E-state index is -1.19. The Morgan fingerprint density at radius 1 is 1.37 bits per heavy atom. The largest absolute Gasteiger partial charge is 0.480 e. The zero-order valence-corrected chi connectivity index (χ0v) is 10.5. The van der Waals surface area contributed by atoms with Crippen molar-refractivity contribution in [2.75, 3.05) is 6.61 Å². The molecule has 4 N–H and O–H groups in total. The predicted octanol–water partition coefficient (Wildman–Crippen LogP) is 0.277. The first-order valence-electron chi connectivity index (χ1n) is 5.86. The van der Waals surface area contributed by atoms with E-state index in [2.05, 4.69) is 15.6 Å². The standard InChI is InChI=1S/C12H17N3O4/c1-8(9-4-2-3-6-13-9)14-12(19)15-10(5-7-16)11(17)18/h2-4,6,8,10,16H,5,7H2,1H3,(H,17,18)(H2,14,15,19)/t8?,10-/m1/s1. The lowest BCUT2D eigenvalue weighted by Crippen LogP contribution is -2.47. The molecular formula is C12H17N3O4. The monoisotopic (exact) mass is 267 g/mol. The van der Waals surface area contributed by atoms with Crippen molar-refractivity contribution < 1.29 is 19.8 Å². The lowest BCUT2D eigenvalue weighted by molar-refractivity contribution is -0.139. The second-order valence-electron chi connectivity index (χ2n) is 4.00. The van der Waals surface area contributed by atoms with Gasteiger partial charge in [0.25, 0.3) is 0 Å². The van der Waals surface area contributed by atoms with Crippen LogP contribution in [-0.4, -0.2) is 39.8 Å². The molecule has 2 atom stereocenters. The number of carbonyl (C=O) groups is 2. The number of nitrogens with zero attached hydrogens (tertiary/aromatic N) is 1. The maximum absolute atomic E-state index is 11.6. The van der Waals surface area contributed by atoms with Crippen molar-refractivity contribution in [2.24, 2.45) is 0 Å². The maximum atomic E-state index is 11.6. The summed E-state index contributed by atoms with van der Waals surface area (Å²) in [6.07, 6.45) is 1.57. The number of amides is 2.